The first-order chi connectivity index (χ1) is 7.72. The highest BCUT2D eigenvalue weighted by Crippen LogP contribution is 2.28. The predicted octanol–water partition coefficient (Wildman–Crippen LogP) is 4.06. The first-order valence-electron chi connectivity index (χ1n) is 5.01. The van der Waals surface area contributed by atoms with Crippen molar-refractivity contribution in [3.05, 3.63) is 29.3 Å². The Morgan fingerprint density at radius 2 is 1.76 bits per heavy atom. The van der Waals surface area contributed by atoms with Crippen LogP contribution in [0.5, 0.6) is 0 Å². The van der Waals surface area contributed by atoms with Crippen LogP contribution in [0.1, 0.15) is 25.3 Å². The van der Waals surface area contributed by atoms with E-state index < -0.39 is 30.3 Å². The first kappa shape index (κ1) is 13.7. The van der Waals surface area contributed by atoms with Gasteiger partial charge in [0.05, 0.1) is 5.69 Å². The molecule has 0 saturated heterocycles. The minimum atomic E-state index is -4.45. The molecule has 0 aliphatic carbocycles. The molecule has 0 heterocycles. The summed E-state index contributed by atoms with van der Waals surface area (Å²) in [5.74, 6) is -2.16. The normalized spacial score (nSPS) is 12.0. The number of hydrogen-bond acceptors (Lipinski definition) is 1. The topological polar surface area (TPSA) is 12.0 Å². The van der Waals surface area contributed by atoms with Gasteiger partial charge in [-0.3, -0.25) is 0 Å². The summed E-state index contributed by atoms with van der Waals surface area (Å²) >= 11 is 0. The van der Waals surface area contributed by atoms with Gasteiger partial charge < -0.3 is 5.32 Å². The number of hydrogen-bond donors (Lipinski definition) is 1. The standard InChI is InChI=1S/C11H12F5N/c1-6(2)9-7(12)3-4-8(10(9)13)17-5-11(14,15)16/h3-4,6,17H,5H2,1-2H3. The Bertz CT molecular complexity index is 398. The molecular weight excluding hydrogens is 241 g/mol. The highest BCUT2D eigenvalue weighted by molar-refractivity contribution is 5.49. The van der Waals surface area contributed by atoms with Gasteiger partial charge in [-0.05, 0) is 18.1 Å². The van der Waals surface area contributed by atoms with E-state index >= 15 is 0 Å². The Kier molecular flexibility index (Phi) is 3.95. The lowest BCUT2D eigenvalue weighted by molar-refractivity contribution is -0.115. The van der Waals surface area contributed by atoms with Crippen LogP contribution in [0.15, 0.2) is 12.1 Å². The van der Waals surface area contributed by atoms with Crippen molar-refractivity contribution in [2.45, 2.75) is 25.9 Å². The van der Waals surface area contributed by atoms with Crippen LogP contribution in [0.3, 0.4) is 0 Å². The molecule has 0 aromatic heterocycles. The minimum absolute atomic E-state index is 0.211. The van der Waals surface area contributed by atoms with E-state index in [9.17, 15) is 22.0 Å². The Labute approximate surface area is 95.6 Å². The third-order valence-electron chi connectivity index (χ3n) is 2.18. The quantitative estimate of drug-likeness (QED) is 0.801. The molecule has 0 unspecified atom stereocenters. The molecule has 0 saturated carbocycles. The molecule has 1 N–H and O–H groups in total. The van der Waals surface area contributed by atoms with Gasteiger partial charge in [0.15, 0.2) is 5.82 Å². The Hall–Kier alpha value is -1.33. The van der Waals surface area contributed by atoms with Gasteiger partial charge >= 0.3 is 6.18 Å². The highest BCUT2D eigenvalue weighted by Gasteiger charge is 2.27. The molecule has 0 bridgehead atoms. The molecule has 1 aromatic carbocycles. The SMILES string of the molecule is CC(C)c1c(F)ccc(NCC(F)(F)F)c1F. The molecule has 0 spiro atoms. The highest BCUT2D eigenvalue weighted by atomic mass is 19.4. The van der Waals surface area contributed by atoms with Crippen LogP contribution in [0.25, 0.3) is 0 Å². The summed E-state index contributed by atoms with van der Waals surface area (Å²) in [6, 6.07) is 1.92. The summed E-state index contributed by atoms with van der Waals surface area (Å²) in [7, 11) is 0. The van der Waals surface area contributed by atoms with Gasteiger partial charge in [0.1, 0.15) is 12.4 Å². The van der Waals surface area contributed by atoms with Gasteiger partial charge in [0, 0.05) is 5.56 Å². The van der Waals surface area contributed by atoms with Crippen molar-refractivity contribution in [1.82, 2.24) is 0 Å². The van der Waals surface area contributed by atoms with Gasteiger partial charge in [-0.25, -0.2) is 8.78 Å². The molecular formula is C11H12F5N. The second-order valence-corrected chi connectivity index (χ2v) is 3.95. The molecule has 1 aromatic rings. The molecule has 0 fully saturated rings. The van der Waals surface area contributed by atoms with Gasteiger partial charge in [-0.15, -0.1) is 0 Å². The van der Waals surface area contributed by atoms with Gasteiger partial charge in [-0.1, -0.05) is 13.8 Å². The van der Waals surface area contributed by atoms with Crippen molar-refractivity contribution >= 4 is 5.69 Å². The van der Waals surface area contributed by atoms with E-state index in [1.54, 1.807) is 13.8 Å². The summed E-state index contributed by atoms with van der Waals surface area (Å²) in [6.07, 6.45) is -4.45. The predicted molar refractivity (Wildman–Crippen MR) is 55.0 cm³/mol. The van der Waals surface area contributed by atoms with E-state index in [1.165, 1.54) is 0 Å². The van der Waals surface area contributed by atoms with Crippen molar-refractivity contribution in [2.24, 2.45) is 0 Å². The zero-order valence-corrected chi connectivity index (χ0v) is 9.33. The van der Waals surface area contributed by atoms with Crippen molar-refractivity contribution in [3.63, 3.8) is 0 Å². The summed E-state index contributed by atoms with van der Waals surface area (Å²) in [5.41, 5.74) is -0.551. The molecule has 96 valence electrons. The van der Waals surface area contributed by atoms with Crippen LogP contribution >= 0.6 is 0 Å². The average molecular weight is 253 g/mol. The maximum Gasteiger partial charge on any atom is 0.405 e. The summed E-state index contributed by atoms with van der Waals surface area (Å²) in [6.45, 7) is 1.77. The fourth-order valence-electron chi connectivity index (χ4n) is 1.43. The van der Waals surface area contributed by atoms with E-state index in [1.807, 2.05) is 5.32 Å². The summed E-state index contributed by atoms with van der Waals surface area (Å²) in [5, 5.41) is 1.91. The van der Waals surface area contributed by atoms with Crippen molar-refractivity contribution in [1.29, 1.82) is 0 Å². The van der Waals surface area contributed by atoms with Crippen LogP contribution in [0, 0.1) is 11.6 Å². The summed E-state index contributed by atoms with van der Waals surface area (Å²) in [4.78, 5) is 0. The Morgan fingerprint density at radius 1 is 1.18 bits per heavy atom. The first-order valence-corrected chi connectivity index (χ1v) is 5.01. The molecule has 0 amide bonds. The zero-order valence-electron chi connectivity index (χ0n) is 9.33. The maximum atomic E-state index is 13.7. The van der Waals surface area contributed by atoms with E-state index in [-0.39, 0.29) is 11.3 Å². The lowest BCUT2D eigenvalue weighted by Gasteiger charge is -2.14. The largest absolute Gasteiger partial charge is 0.405 e. The second-order valence-electron chi connectivity index (χ2n) is 3.95. The fraction of sp³-hybridized carbons (Fsp3) is 0.455. The molecule has 0 radical (unpaired) electrons. The monoisotopic (exact) mass is 253 g/mol. The van der Waals surface area contributed by atoms with Gasteiger partial charge in [-0.2, -0.15) is 13.2 Å². The lowest BCUT2D eigenvalue weighted by atomic mass is 10.0. The molecule has 0 aliphatic rings. The minimum Gasteiger partial charge on any atom is -0.374 e. The average Bonchev–Trinajstić information content (AvgIpc) is 2.14. The van der Waals surface area contributed by atoms with Crippen LogP contribution in [-0.4, -0.2) is 12.7 Å². The number of alkyl halides is 3. The smallest absolute Gasteiger partial charge is 0.374 e. The van der Waals surface area contributed by atoms with Crippen LogP contribution < -0.4 is 5.32 Å². The molecule has 17 heavy (non-hydrogen) atoms. The Balaban J connectivity index is 2.99. The molecule has 0 atom stereocenters. The summed E-state index contributed by atoms with van der Waals surface area (Å²) < 4.78 is 62.8. The molecule has 0 aliphatic heterocycles. The zero-order chi connectivity index (χ0) is 13.2. The van der Waals surface area contributed by atoms with E-state index in [0.717, 1.165) is 12.1 Å². The third kappa shape index (κ3) is 3.57. The van der Waals surface area contributed by atoms with Crippen molar-refractivity contribution in [3.8, 4) is 0 Å². The lowest BCUT2D eigenvalue weighted by Crippen LogP contribution is -2.22. The van der Waals surface area contributed by atoms with E-state index in [4.69, 9.17) is 0 Å². The molecule has 6 heteroatoms. The number of rotatable bonds is 3. The van der Waals surface area contributed by atoms with E-state index in [2.05, 4.69) is 0 Å². The van der Waals surface area contributed by atoms with Crippen LogP contribution in [0.2, 0.25) is 0 Å². The van der Waals surface area contributed by atoms with Gasteiger partial charge in [0.25, 0.3) is 0 Å². The van der Waals surface area contributed by atoms with Gasteiger partial charge in [0.2, 0.25) is 0 Å². The third-order valence-corrected chi connectivity index (χ3v) is 2.18. The fourth-order valence-corrected chi connectivity index (χ4v) is 1.43. The van der Waals surface area contributed by atoms with Crippen molar-refractivity contribution < 1.29 is 22.0 Å². The Morgan fingerprint density at radius 3 is 2.24 bits per heavy atom. The molecule has 1 rings (SSSR count). The van der Waals surface area contributed by atoms with E-state index in [0.29, 0.717) is 0 Å². The second kappa shape index (κ2) is 4.89. The van der Waals surface area contributed by atoms with Crippen LogP contribution in [-0.2, 0) is 0 Å². The maximum absolute atomic E-state index is 13.7. The van der Waals surface area contributed by atoms with Crippen molar-refractivity contribution in [2.75, 3.05) is 11.9 Å². The number of nitrogens with one attached hydrogen (secondary N) is 1. The number of benzene rings is 1. The van der Waals surface area contributed by atoms with Crippen LogP contribution in [0.4, 0.5) is 27.6 Å². The number of halogens is 5. The molecule has 1 nitrogen and oxygen atoms in total. The number of anilines is 1.